The number of carbonyl (C=O) groups is 2. The van der Waals surface area contributed by atoms with Gasteiger partial charge in [-0.25, -0.2) is 9.59 Å². The van der Waals surface area contributed by atoms with Crippen molar-refractivity contribution in [1.29, 1.82) is 0 Å². The topological polar surface area (TPSA) is 234 Å². The van der Waals surface area contributed by atoms with Crippen LogP contribution in [-0.4, -0.2) is 87.4 Å². The van der Waals surface area contributed by atoms with Crippen LogP contribution in [0, 0.1) is 0 Å². The zero-order valence-corrected chi connectivity index (χ0v) is 29.1. The lowest BCUT2D eigenvalue weighted by atomic mass is 10.1. The number of ether oxygens (including phenoxy) is 4. The van der Waals surface area contributed by atoms with E-state index in [1.165, 1.54) is 0 Å². The normalized spacial score (nSPS) is 14.6. The molecule has 2 atom stereocenters. The van der Waals surface area contributed by atoms with Gasteiger partial charge in [0.1, 0.15) is 37.1 Å². The van der Waals surface area contributed by atoms with Gasteiger partial charge in [-0.05, 0) is 24.3 Å². The molecule has 54 heavy (non-hydrogen) atoms. The summed E-state index contributed by atoms with van der Waals surface area (Å²) in [5, 5.41) is 37.3. The van der Waals surface area contributed by atoms with Gasteiger partial charge in [0.05, 0.1) is 31.9 Å². The molecule has 0 saturated heterocycles. The van der Waals surface area contributed by atoms with Crippen molar-refractivity contribution in [3.05, 3.63) is 89.6 Å². The number of nitrogens with zero attached hydrogens (tertiary/aromatic N) is 4. The minimum Gasteiger partial charge on any atom is -0.491 e. The van der Waals surface area contributed by atoms with Crippen LogP contribution in [0.3, 0.4) is 0 Å². The first-order valence-corrected chi connectivity index (χ1v) is 16.8. The average Bonchev–Trinajstić information content (AvgIpc) is 4.02. The monoisotopic (exact) mass is 748 g/mol. The Labute approximate surface area is 311 Å². The van der Waals surface area contributed by atoms with E-state index in [1.807, 2.05) is 56.3 Å². The number of fused-ring (bicyclic) bond motifs is 2. The zero-order chi connectivity index (χ0) is 37.6. The van der Waals surface area contributed by atoms with Gasteiger partial charge in [-0.3, -0.25) is 0 Å². The number of carbonyl (C=O) groups excluding carboxylic acids is 2. The van der Waals surface area contributed by atoms with Gasteiger partial charge >= 0.3 is 12.2 Å². The fraction of sp³-hybridized carbons (Fsp3) is 0.351. The van der Waals surface area contributed by atoms with Crippen LogP contribution in [0.5, 0.6) is 17.2 Å². The van der Waals surface area contributed by atoms with Crippen LogP contribution in [0.1, 0.15) is 56.3 Å². The van der Waals surface area contributed by atoms with Crippen LogP contribution >= 0.6 is 0 Å². The Morgan fingerprint density at radius 1 is 0.722 bits per heavy atom. The maximum Gasteiger partial charge on any atom is 0.413 e. The van der Waals surface area contributed by atoms with E-state index in [0.717, 1.165) is 22.3 Å². The van der Waals surface area contributed by atoms with Crippen LogP contribution < -0.4 is 24.8 Å². The predicted octanol–water partition coefficient (Wildman–Crippen LogP) is 4.58. The number of alkyl carbamates (subject to hydrolysis) is 1. The van der Waals surface area contributed by atoms with Crippen molar-refractivity contribution >= 4 is 12.2 Å². The lowest BCUT2D eigenvalue weighted by molar-refractivity contribution is 0.115. The van der Waals surface area contributed by atoms with Gasteiger partial charge < -0.3 is 53.9 Å². The number of aromatic nitrogens is 4. The Balaban J connectivity index is 0.000000217. The number of para-hydroxylation sites is 1. The fourth-order valence-electron chi connectivity index (χ4n) is 5.06. The molecule has 2 amide bonds. The van der Waals surface area contributed by atoms with E-state index in [4.69, 9.17) is 43.3 Å². The van der Waals surface area contributed by atoms with Gasteiger partial charge in [-0.15, -0.1) is 0 Å². The summed E-state index contributed by atoms with van der Waals surface area (Å²) in [6.07, 6.45) is 0.253. The average molecular weight is 749 g/mol. The lowest BCUT2D eigenvalue weighted by Gasteiger charge is -2.12. The van der Waals surface area contributed by atoms with Crippen molar-refractivity contribution < 1.29 is 52.9 Å². The number of aryl methyl sites for hydroxylation is 2. The summed E-state index contributed by atoms with van der Waals surface area (Å²) in [7, 11) is 0. The van der Waals surface area contributed by atoms with Gasteiger partial charge in [0.2, 0.25) is 23.4 Å². The first kappa shape index (κ1) is 40.7. The van der Waals surface area contributed by atoms with Gasteiger partial charge in [0.15, 0.2) is 0 Å². The molecule has 0 fully saturated rings. The minimum absolute atomic E-state index is 0. The van der Waals surface area contributed by atoms with Crippen molar-refractivity contribution in [2.75, 3.05) is 39.6 Å². The highest BCUT2D eigenvalue weighted by molar-refractivity contribution is 5.72. The van der Waals surface area contributed by atoms with Crippen LogP contribution in [0.2, 0.25) is 0 Å². The van der Waals surface area contributed by atoms with Crippen LogP contribution in [0.15, 0.2) is 75.8 Å². The van der Waals surface area contributed by atoms with Crippen molar-refractivity contribution in [2.24, 2.45) is 0 Å². The molecular formula is C37H44N6O11. The highest BCUT2D eigenvalue weighted by Gasteiger charge is 2.28. The number of nitrogens with one attached hydrogen (secondary N) is 2. The molecule has 0 aliphatic carbocycles. The van der Waals surface area contributed by atoms with Gasteiger partial charge in [0, 0.05) is 35.1 Å². The SMILES string of the molecule is C.CCc1nc(-c2ccc3c(c2)OC[C@H]3NC(=O)OCCO)no1.CCc1nc(-c2ccc3c(c2)OC[C@H]3NC(=O)Oc2ccccc2)no1.OCCO. The van der Waals surface area contributed by atoms with E-state index in [0.29, 0.717) is 66.7 Å². The fourth-order valence-corrected chi connectivity index (χ4v) is 5.06. The Hall–Kier alpha value is -6.04. The number of aliphatic hydroxyl groups is 3. The summed E-state index contributed by atoms with van der Waals surface area (Å²) in [5.74, 6) is 4.04. The first-order chi connectivity index (χ1) is 25.8. The Bertz CT molecular complexity index is 1930. The Morgan fingerprint density at radius 3 is 1.67 bits per heavy atom. The third kappa shape index (κ3) is 10.8. The van der Waals surface area contributed by atoms with Gasteiger partial charge in [-0.1, -0.05) is 74.1 Å². The molecule has 288 valence electrons. The van der Waals surface area contributed by atoms with Crippen molar-refractivity contribution in [3.8, 4) is 40.0 Å². The molecular weight excluding hydrogens is 704 g/mol. The molecule has 0 radical (unpaired) electrons. The van der Waals surface area contributed by atoms with E-state index in [2.05, 4.69) is 30.9 Å². The summed E-state index contributed by atoms with van der Waals surface area (Å²) in [6, 6.07) is 19.5. The quantitative estimate of drug-likeness (QED) is 0.132. The van der Waals surface area contributed by atoms with E-state index < -0.39 is 12.2 Å². The first-order valence-electron chi connectivity index (χ1n) is 16.8. The molecule has 17 heteroatoms. The summed E-state index contributed by atoms with van der Waals surface area (Å²) < 4.78 is 31.6. The van der Waals surface area contributed by atoms with Crippen molar-refractivity contribution in [1.82, 2.24) is 30.9 Å². The molecule has 5 N–H and O–H groups in total. The molecule has 2 aliphatic rings. The molecule has 2 aliphatic heterocycles. The standard InChI is InChI=1S/C19H17N3O4.C15H17N3O5.C2H6O2.CH4/c1-2-17-21-18(22-26-17)12-8-9-14-15(11-24-16(14)10-12)20-19(23)25-13-6-4-3-5-7-13;1-2-13-17-14(18-23-13)9-3-4-10-11(8-22-12(10)7-9)16-15(20)21-6-5-19;3-1-2-4;/h3-10,15H,2,11H2,1H3,(H,20,23);3-4,7,11,19H,2,5-6,8H2,1H3,(H,16,20);3-4H,1-2H2;1H4/t15-;11-;;/m11../s1. The smallest absolute Gasteiger partial charge is 0.413 e. The third-order valence-electron chi connectivity index (χ3n) is 7.61. The van der Waals surface area contributed by atoms with Gasteiger partial charge in [-0.2, -0.15) is 9.97 Å². The molecule has 0 spiro atoms. The number of hydrogen-bond acceptors (Lipinski definition) is 15. The van der Waals surface area contributed by atoms with Crippen LogP contribution in [-0.2, 0) is 17.6 Å². The maximum atomic E-state index is 12.1. The number of hydrogen-bond donors (Lipinski definition) is 5. The molecule has 2 aromatic heterocycles. The van der Waals surface area contributed by atoms with E-state index in [-0.39, 0.29) is 45.9 Å². The second-order valence-corrected chi connectivity index (χ2v) is 11.3. The Kier molecular flexibility index (Phi) is 15.3. The highest BCUT2D eigenvalue weighted by Crippen LogP contribution is 2.36. The molecule has 0 unspecified atom stereocenters. The molecule has 0 saturated carbocycles. The number of aliphatic hydroxyl groups excluding tert-OH is 3. The molecule has 0 bridgehead atoms. The minimum atomic E-state index is -0.588. The van der Waals surface area contributed by atoms with Crippen LogP contribution in [0.4, 0.5) is 9.59 Å². The predicted molar refractivity (Wildman–Crippen MR) is 193 cm³/mol. The molecule has 5 aromatic rings. The summed E-state index contributed by atoms with van der Waals surface area (Å²) >= 11 is 0. The zero-order valence-electron chi connectivity index (χ0n) is 29.1. The molecule has 4 heterocycles. The number of benzene rings is 3. The van der Waals surface area contributed by atoms with E-state index in [9.17, 15) is 9.59 Å². The molecule has 3 aromatic carbocycles. The molecule has 17 nitrogen and oxygen atoms in total. The third-order valence-corrected chi connectivity index (χ3v) is 7.61. The second-order valence-electron chi connectivity index (χ2n) is 11.3. The number of amides is 2. The summed E-state index contributed by atoms with van der Waals surface area (Å²) in [6.45, 7) is 4.06. The van der Waals surface area contributed by atoms with E-state index >= 15 is 0 Å². The molecule has 7 rings (SSSR count). The highest BCUT2D eigenvalue weighted by atomic mass is 16.6. The van der Waals surface area contributed by atoms with E-state index in [1.54, 1.807) is 24.3 Å². The van der Waals surface area contributed by atoms with Gasteiger partial charge in [0.25, 0.3) is 0 Å². The second kappa shape index (κ2) is 20.3. The summed E-state index contributed by atoms with van der Waals surface area (Å²) in [5.41, 5.74) is 3.34. The lowest BCUT2D eigenvalue weighted by Crippen LogP contribution is -2.31. The van der Waals surface area contributed by atoms with Crippen molar-refractivity contribution in [3.63, 3.8) is 0 Å². The van der Waals surface area contributed by atoms with Crippen molar-refractivity contribution in [2.45, 2.75) is 46.2 Å². The van der Waals surface area contributed by atoms with Crippen LogP contribution in [0.25, 0.3) is 22.8 Å². The summed E-state index contributed by atoms with van der Waals surface area (Å²) in [4.78, 5) is 32.2. The number of rotatable bonds is 10. The maximum absolute atomic E-state index is 12.1. The largest absolute Gasteiger partial charge is 0.491 e. The Morgan fingerprint density at radius 2 is 1.22 bits per heavy atom.